The van der Waals surface area contributed by atoms with Crippen molar-refractivity contribution in [3.8, 4) is 0 Å². The Morgan fingerprint density at radius 3 is 2.24 bits per heavy atom. The predicted molar refractivity (Wildman–Crippen MR) is 88.9 cm³/mol. The Balaban J connectivity index is 2.19. The largest absolute Gasteiger partial charge is 0.268 e. The number of hydrogen-bond donors (Lipinski definition) is 0. The summed E-state index contributed by atoms with van der Waals surface area (Å²) in [4.78, 5) is 26.4. The van der Waals surface area contributed by atoms with E-state index in [1.165, 1.54) is 4.90 Å². The Hall–Kier alpha value is -1.46. The number of amides is 2. The van der Waals surface area contributed by atoms with E-state index in [9.17, 15) is 9.59 Å². The molecule has 0 aromatic heterocycles. The van der Waals surface area contributed by atoms with Gasteiger partial charge < -0.3 is 0 Å². The first kappa shape index (κ1) is 14.5. The lowest BCUT2D eigenvalue weighted by molar-refractivity contribution is 0.0925. The van der Waals surface area contributed by atoms with Gasteiger partial charge in [0.1, 0.15) is 0 Å². The average molecular weight is 409 g/mol. The smallest absolute Gasteiger partial charge is 0.266 e. The van der Waals surface area contributed by atoms with Crippen LogP contribution in [0.3, 0.4) is 0 Å². The van der Waals surface area contributed by atoms with Gasteiger partial charge in [-0.25, -0.2) is 4.90 Å². The van der Waals surface area contributed by atoms with Gasteiger partial charge in [0, 0.05) is 8.95 Å². The molecule has 1 aliphatic rings. The maximum atomic E-state index is 12.6. The molecule has 0 saturated carbocycles. The van der Waals surface area contributed by atoms with Crippen LogP contribution < -0.4 is 4.90 Å². The zero-order chi connectivity index (χ0) is 15.3. The molecule has 3 nitrogen and oxygen atoms in total. The summed E-state index contributed by atoms with van der Waals surface area (Å²) in [6, 6.07) is 9.00. The second-order valence-corrected chi connectivity index (χ2v) is 6.82. The van der Waals surface area contributed by atoms with E-state index < -0.39 is 0 Å². The topological polar surface area (TPSA) is 37.4 Å². The summed E-state index contributed by atoms with van der Waals surface area (Å²) >= 11 is 6.80. The van der Waals surface area contributed by atoms with Crippen LogP contribution in [0.25, 0.3) is 0 Å². The van der Waals surface area contributed by atoms with Gasteiger partial charge in [0.2, 0.25) is 0 Å². The Morgan fingerprint density at radius 2 is 1.57 bits per heavy atom. The molecule has 0 saturated heterocycles. The van der Waals surface area contributed by atoms with Crippen molar-refractivity contribution in [3.05, 3.63) is 61.5 Å². The minimum atomic E-state index is -0.288. The van der Waals surface area contributed by atoms with Gasteiger partial charge in [-0.1, -0.05) is 22.0 Å². The molecule has 0 bridgehead atoms. The number of carbonyl (C=O) groups excluding carboxylic acids is 2. The fourth-order valence-electron chi connectivity index (χ4n) is 2.61. The van der Waals surface area contributed by atoms with Crippen LogP contribution in [0.4, 0.5) is 5.69 Å². The molecule has 5 heteroatoms. The van der Waals surface area contributed by atoms with Crippen LogP contribution in [0.2, 0.25) is 0 Å². The number of benzene rings is 2. The first-order valence-electron chi connectivity index (χ1n) is 6.35. The Labute approximate surface area is 139 Å². The summed E-state index contributed by atoms with van der Waals surface area (Å²) in [6.07, 6.45) is 0. The second kappa shape index (κ2) is 5.07. The minimum Gasteiger partial charge on any atom is -0.268 e. The van der Waals surface area contributed by atoms with Gasteiger partial charge in [0.05, 0.1) is 16.8 Å². The third-order valence-electron chi connectivity index (χ3n) is 3.47. The number of halogens is 2. The number of carbonyl (C=O) groups is 2. The molecule has 3 rings (SSSR count). The van der Waals surface area contributed by atoms with Gasteiger partial charge in [0.15, 0.2) is 0 Å². The van der Waals surface area contributed by atoms with E-state index in [0.717, 1.165) is 20.1 Å². The number of anilines is 1. The highest BCUT2D eigenvalue weighted by Crippen LogP contribution is 2.37. The fourth-order valence-corrected chi connectivity index (χ4v) is 3.82. The van der Waals surface area contributed by atoms with Crippen LogP contribution in [0.1, 0.15) is 31.8 Å². The van der Waals surface area contributed by atoms with Crippen molar-refractivity contribution in [1.82, 2.24) is 0 Å². The zero-order valence-corrected chi connectivity index (χ0v) is 14.6. The molecule has 0 radical (unpaired) electrons. The molecular formula is C16H11Br2NO2. The SMILES string of the molecule is Cc1cc(C)c(N2C(=O)c3ccc(Br)cc3C2=O)c(Br)c1. The Morgan fingerprint density at radius 1 is 0.905 bits per heavy atom. The van der Waals surface area contributed by atoms with Crippen LogP contribution >= 0.6 is 31.9 Å². The molecule has 0 atom stereocenters. The summed E-state index contributed by atoms with van der Waals surface area (Å²) < 4.78 is 1.53. The van der Waals surface area contributed by atoms with Crippen molar-refractivity contribution >= 4 is 49.4 Å². The van der Waals surface area contributed by atoms with Crippen molar-refractivity contribution in [2.24, 2.45) is 0 Å². The van der Waals surface area contributed by atoms with E-state index in [1.54, 1.807) is 18.2 Å². The molecule has 0 N–H and O–H groups in total. The number of rotatable bonds is 1. The van der Waals surface area contributed by atoms with Crippen LogP contribution in [0, 0.1) is 13.8 Å². The Kier molecular flexibility index (Phi) is 3.50. The standard InChI is InChI=1S/C16H11Br2NO2/c1-8-5-9(2)14(13(18)6-8)19-15(20)11-4-3-10(17)7-12(11)16(19)21/h3-7H,1-2H3. The number of hydrogen-bond acceptors (Lipinski definition) is 2. The van der Waals surface area contributed by atoms with Gasteiger partial charge in [0.25, 0.3) is 11.8 Å². The predicted octanol–water partition coefficient (Wildman–Crippen LogP) is 4.63. The quantitative estimate of drug-likeness (QED) is 0.645. The molecule has 0 spiro atoms. The summed E-state index contributed by atoms with van der Waals surface area (Å²) in [5, 5.41) is 0. The minimum absolute atomic E-state index is 0.282. The molecule has 0 aliphatic carbocycles. The van der Waals surface area contributed by atoms with Gasteiger partial charge in [-0.15, -0.1) is 0 Å². The molecular weight excluding hydrogens is 398 g/mol. The molecule has 0 fully saturated rings. The van der Waals surface area contributed by atoms with Crippen molar-refractivity contribution in [2.45, 2.75) is 13.8 Å². The van der Waals surface area contributed by atoms with Gasteiger partial charge >= 0.3 is 0 Å². The fraction of sp³-hybridized carbons (Fsp3) is 0.125. The highest BCUT2D eigenvalue weighted by Gasteiger charge is 2.38. The van der Waals surface area contributed by atoms with Crippen LogP contribution in [0.15, 0.2) is 39.3 Å². The highest BCUT2D eigenvalue weighted by molar-refractivity contribution is 9.10. The van der Waals surface area contributed by atoms with E-state index in [1.807, 2.05) is 26.0 Å². The maximum Gasteiger partial charge on any atom is 0.266 e. The lowest BCUT2D eigenvalue weighted by atomic mass is 10.1. The second-order valence-electron chi connectivity index (χ2n) is 5.05. The number of aryl methyl sites for hydroxylation is 2. The van der Waals surface area contributed by atoms with Crippen LogP contribution in [0.5, 0.6) is 0 Å². The average Bonchev–Trinajstić information content (AvgIpc) is 2.62. The zero-order valence-electron chi connectivity index (χ0n) is 11.4. The van der Waals surface area contributed by atoms with E-state index in [2.05, 4.69) is 31.9 Å². The molecule has 1 heterocycles. The molecule has 0 unspecified atom stereocenters. The van der Waals surface area contributed by atoms with E-state index in [0.29, 0.717) is 16.8 Å². The number of imide groups is 1. The van der Waals surface area contributed by atoms with Gasteiger partial charge in [-0.3, -0.25) is 9.59 Å². The monoisotopic (exact) mass is 407 g/mol. The molecule has 1 aliphatic heterocycles. The van der Waals surface area contributed by atoms with Crippen molar-refractivity contribution in [3.63, 3.8) is 0 Å². The first-order chi connectivity index (χ1) is 9.90. The van der Waals surface area contributed by atoms with Crippen LogP contribution in [-0.2, 0) is 0 Å². The summed E-state index contributed by atoms with van der Waals surface area (Å²) in [6.45, 7) is 3.87. The summed E-state index contributed by atoms with van der Waals surface area (Å²) in [5.41, 5.74) is 3.44. The van der Waals surface area contributed by atoms with E-state index in [4.69, 9.17) is 0 Å². The molecule has 2 aromatic carbocycles. The molecule has 2 amide bonds. The van der Waals surface area contributed by atoms with Crippen molar-refractivity contribution in [1.29, 1.82) is 0 Å². The summed E-state index contributed by atoms with van der Waals surface area (Å²) in [7, 11) is 0. The number of fused-ring (bicyclic) bond motifs is 1. The maximum absolute atomic E-state index is 12.6. The van der Waals surface area contributed by atoms with E-state index in [-0.39, 0.29) is 11.8 Å². The van der Waals surface area contributed by atoms with Gasteiger partial charge in [-0.2, -0.15) is 0 Å². The van der Waals surface area contributed by atoms with Crippen molar-refractivity contribution in [2.75, 3.05) is 4.90 Å². The Bertz CT molecular complexity index is 776. The molecule has 2 aromatic rings. The van der Waals surface area contributed by atoms with Gasteiger partial charge in [-0.05, 0) is 65.2 Å². The molecule has 21 heavy (non-hydrogen) atoms. The number of nitrogens with zero attached hydrogens (tertiary/aromatic N) is 1. The lowest BCUT2D eigenvalue weighted by Gasteiger charge is -2.19. The van der Waals surface area contributed by atoms with Crippen molar-refractivity contribution < 1.29 is 9.59 Å². The lowest BCUT2D eigenvalue weighted by Crippen LogP contribution is -2.30. The highest BCUT2D eigenvalue weighted by atomic mass is 79.9. The van der Waals surface area contributed by atoms with Crippen LogP contribution in [-0.4, -0.2) is 11.8 Å². The summed E-state index contributed by atoms with van der Waals surface area (Å²) in [5.74, 6) is -0.570. The molecule has 106 valence electrons. The first-order valence-corrected chi connectivity index (χ1v) is 7.94. The normalized spacial score (nSPS) is 13.8. The third kappa shape index (κ3) is 2.24. The third-order valence-corrected chi connectivity index (χ3v) is 4.57. The van der Waals surface area contributed by atoms with E-state index >= 15 is 0 Å².